The Morgan fingerprint density at radius 2 is 1.96 bits per heavy atom. The molecule has 1 amide bonds. The number of nitrogens with one attached hydrogen (secondary N) is 1. The predicted octanol–water partition coefficient (Wildman–Crippen LogP) is 3.74. The molecule has 2 aromatic rings. The summed E-state index contributed by atoms with van der Waals surface area (Å²) in [6.07, 6.45) is 3.47. The second kappa shape index (κ2) is 5.41. The second-order valence-corrected chi connectivity index (χ2v) is 6.76. The van der Waals surface area contributed by atoms with E-state index >= 15 is 0 Å². The monoisotopic (exact) mass is 306 g/mol. The van der Waals surface area contributed by atoms with Crippen LogP contribution in [0.5, 0.6) is 0 Å². The normalized spacial score (nSPS) is 17.7. The predicted molar refractivity (Wildman–Crippen MR) is 94.0 cm³/mol. The summed E-state index contributed by atoms with van der Waals surface area (Å²) in [4.78, 5) is 13.5. The van der Waals surface area contributed by atoms with Crippen molar-refractivity contribution in [3.63, 3.8) is 0 Å². The number of anilines is 2. The Balaban J connectivity index is 1.48. The maximum absolute atomic E-state index is 11.6. The van der Waals surface area contributed by atoms with Gasteiger partial charge in [-0.15, -0.1) is 0 Å². The van der Waals surface area contributed by atoms with Crippen molar-refractivity contribution in [3.8, 4) is 0 Å². The minimum atomic E-state index is 0.130. The molecule has 118 valence electrons. The molecule has 23 heavy (non-hydrogen) atoms. The standard InChI is InChI=1S/C20H22N2O/c1-15(23)22-12-9-16-13-18(7-8-19(16)22)21-14-20(10-11-20)17-5-3-2-4-6-17/h2-8,13,21H,9-12,14H2,1H3. The molecule has 2 aromatic carbocycles. The number of rotatable bonds is 4. The molecule has 0 aromatic heterocycles. The van der Waals surface area contributed by atoms with Gasteiger partial charge in [-0.3, -0.25) is 4.79 Å². The number of amides is 1. The number of hydrogen-bond acceptors (Lipinski definition) is 2. The average molecular weight is 306 g/mol. The lowest BCUT2D eigenvalue weighted by atomic mass is 9.96. The Hall–Kier alpha value is -2.29. The van der Waals surface area contributed by atoms with Gasteiger partial charge in [0.2, 0.25) is 5.91 Å². The van der Waals surface area contributed by atoms with Crippen LogP contribution in [0.25, 0.3) is 0 Å². The Labute approximate surface area is 137 Å². The van der Waals surface area contributed by atoms with Gasteiger partial charge in [-0.25, -0.2) is 0 Å². The highest BCUT2D eigenvalue weighted by molar-refractivity contribution is 5.94. The Kier molecular flexibility index (Phi) is 3.37. The fraction of sp³-hybridized carbons (Fsp3) is 0.350. The van der Waals surface area contributed by atoms with Crippen LogP contribution in [-0.2, 0) is 16.6 Å². The summed E-state index contributed by atoms with van der Waals surface area (Å²) < 4.78 is 0. The van der Waals surface area contributed by atoms with E-state index < -0.39 is 0 Å². The highest BCUT2D eigenvalue weighted by atomic mass is 16.2. The van der Waals surface area contributed by atoms with Crippen LogP contribution in [0.1, 0.15) is 30.9 Å². The van der Waals surface area contributed by atoms with E-state index in [0.717, 1.165) is 30.9 Å². The topological polar surface area (TPSA) is 32.3 Å². The average Bonchev–Trinajstić information content (AvgIpc) is 3.25. The van der Waals surface area contributed by atoms with E-state index in [9.17, 15) is 4.79 Å². The van der Waals surface area contributed by atoms with E-state index in [1.807, 2.05) is 4.90 Å². The van der Waals surface area contributed by atoms with Crippen molar-refractivity contribution in [2.75, 3.05) is 23.3 Å². The third kappa shape index (κ3) is 2.61. The zero-order valence-corrected chi connectivity index (χ0v) is 13.5. The van der Waals surface area contributed by atoms with Crippen LogP contribution in [0.4, 0.5) is 11.4 Å². The quantitative estimate of drug-likeness (QED) is 0.933. The third-order valence-electron chi connectivity index (χ3n) is 5.23. The van der Waals surface area contributed by atoms with Crippen LogP contribution in [-0.4, -0.2) is 19.0 Å². The highest BCUT2D eigenvalue weighted by Crippen LogP contribution is 2.48. The van der Waals surface area contributed by atoms with Crippen molar-refractivity contribution in [2.24, 2.45) is 0 Å². The SMILES string of the molecule is CC(=O)N1CCc2cc(NCC3(c4ccccc4)CC3)ccc21. The van der Waals surface area contributed by atoms with Crippen LogP contribution >= 0.6 is 0 Å². The van der Waals surface area contributed by atoms with Gasteiger partial charge in [-0.05, 0) is 48.6 Å². The number of carbonyl (C=O) groups excluding carboxylic acids is 1. The summed E-state index contributed by atoms with van der Waals surface area (Å²) in [6, 6.07) is 17.2. The molecule has 0 radical (unpaired) electrons. The molecular formula is C20H22N2O. The lowest BCUT2D eigenvalue weighted by molar-refractivity contribution is -0.116. The largest absolute Gasteiger partial charge is 0.384 e. The van der Waals surface area contributed by atoms with Gasteiger partial charge in [0.05, 0.1) is 0 Å². The highest BCUT2D eigenvalue weighted by Gasteiger charge is 2.43. The van der Waals surface area contributed by atoms with E-state index in [0.29, 0.717) is 5.41 Å². The first-order valence-electron chi connectivity index (χ1n) is 8.38. The Bertz CT molecular complexity index is 735. The Morgan fingerprint density at radius 1 is 1.17 bits per heavy atom. The minimum absolute atomic E-state index is 0.130. The number of nitrogens with zero attached hydrogens (tertiary/aromatic N) is 1. The molecule has 4 rings (SSSR count). The zero-order chi connectivity index (χ0) is 15.9. The van der Waals surface area contributed by atoms with E-state index in [4.69, 9.17) is 0 Å². The Morgan fingerprint density at radius 3 is 2.65 bits per heavy atom. The first-order chi connectivity index (χ1) is 11.2. The summed E-state index contributed by atoms with van der Waals surface area (Å²) in [5.41, 5.74) is 5.26. The van der Waals surface area contributed by atoms with Crippen molar-refractivity contribution < 1.29 is 4.79 Å². The molecule has 3 nitrogen and oxygen atoms in total. The molecule has 0 saturated heterocycles. The fourth-order valence-corrected chi connectivity index (χ4v) is 3.62. The first-order valence-corrected chi connectivity index (χ1v) is 8.38. The molecule has 3 heteroatoms. The number of benzene rings is 2. The van der Waals surface area contributed by atoms with Gasteiger partial charge in [0.15, 0.2) is 0 Å². The van der Waals surface area contributed by atoms with E-state index in [-0.39, 0.29) is 5.91 Å². The van der Waals surface area contributed by atoms with Crippen LogP contribution in [0, 0.1) is 0 Å². The molecule has 1 saturated carbocycles. The summed E-state index contributed by atoms with van der Waals surface area (Å²) in [5, 5.41) is 3.62. The van der Waals surface area contributed by atoms with Crippen molar-refractivity contribution in [1.82, 2.24) is 0 Å². The molecule has 1 aliphatic carbocycles. The minimum Gasteiger partial charge on any atom is -0.384 e. The summed E-state index contributed by atoms with van der Waals surface area (Å²) in [5.74, 6) is 0.130. The van der Waals surface area contributed by atoms with E-state index in [1.165, 1.54) is 24.0 Å². The summed E-state index contributed by atoms with van der Waals surface area (Å²) in [6.45, 7) is 3.42. The van der Waals surface area contributed by atoms with Crippen molar-refractivity contribution in [3.05, 3.63) is 59.7 Å². The molecule has 0 atom stereocenters. The smallest absolute Gasteiger partial charge is 0.223 e. The molecule has 1 heterocycles. The lowest BCUT2D eigenvalue weighted by Crippen LogP contribution is -2.25. The van der Waals surface area contributed by atoms with Gasteiger partial charge in [0.1, 0.15) is 0 Å². The number of fused-ring (bicyclic) bond motifs is 1. The van der Waals surface area contributed by atoms with Crippen LogP contribution in [0.15, 0.2) is 48.5 Å². The molecule has 1 fully saturated rings. The van der Waals surface area contributed by atoms with Gasteiger partial charge in [-0.1, -0.05) is 30.3 Å². The molecule has 1 N–H and O–H groups in total. The summed E-state index contributed by atoms with van der Waals surface area (Å²) >= 11 is 0. The van der Waals surface area contributed by atoms with Crippen molar-refractivity contribution >= 4 is 17.3 Å². The molecule has 1 aliphatic heterocycles. The van der Waals surface area contributed by atoms with Gasteiger partial charge in [-0.2, -0.15) is 0 Å². The lowest BCUT2D eigenvalue weighted by Gasteiger charge is -2.19. The van der Waals surface area contributed by atoms with Crippen molar-refractivity contribution in [2.45, 2.75) is 31.6 Å². The summed E-state index contributed by atoms with van der Waals surface area (Å²) in [7, 11) is 0. The molecule has 0 unspecified atom stereocenters. The van der Waals surface area contributed by atoms with Gasteiger partial charge in [0.25, 0.3) is 0 Å². The maximum Gasteiger partial charge on any atom is 0.223 e. The van der Waals surface area contributed by atoms with Crippen LogP contribution < -0.4 is 10.2 Å². The molecule has 0 bridgehead atoms. The fourth-order valence-electron chi connectivity index (χ4n) is 3.62. The number of hydrogen-bond donors (Lipinski definition) is 1. The molecule has 2 aliphatic rings. The van der Waals surface area contributed by atoms with E-state index in [2.05, 4.69) is 53.8 Å². The zero-order valence-electron chi connectivity index (χ0n) is 13.5. The maximum atomic E-state index is 11.6. The first kappa shape index (κ1) is 14.3. The second-order valence-electron chi connectivity index (χ2n) is 6.76. The third-order valence-corrected chi connectivity index (χ3v) is 5.23. The van der Waals surface area contributed by atoms with Gasteiger partial charge in [0, 0.05) is 36.8 Å². The van der Waals surface area contributed by atoms with Gasteiger partial charge < -0.3 is 10.2 Å². The molecular weight excluding hydrogens is 284 g/mol. The van der Waals surface area contributed by atoms with Crippen molar-refractivity contribution in [1.29, 1.82) is 0 Å². The molecule has 0 spiro atoms. The van der Waals surface area contributed by atoms with Gasteiger partial charge >= 0.3 is 0 Å². The van der Waals surface area contributed by atoms with Crippen LogP contribution in [0.2, 0.25) is 0 Å². The number of carbonyl (C=O) groups is 1. The van der Waals surface area contributed by atoms with E-state index in [1.54, 1.807) is 6.92 Å². The van der Waals surface area contributed by atoms with Crippen LogP contribution in [0.3, 0.4) is 0 Å².